The van der Waals surface area contributed by atoms with Gasteiger partial charge in [0.1, 0.15) is 0 Å². The van der Waals surface area contributed by atoms with Crippen LogP contribution >= 0.6 is 0 Å². The van der Waals surface area contributed by atoms with Crippen molar-refractivity contribution in [2.75, 3.05) is 6.61 Å². The van der Waals surface area contributed by atoms with Crippen LogP contribution in [0.3, 0.4) is 0 Å². The van der Waals surface area contributed by atoms with Crippen LogP contribution in [0, 0.1) is 5.92 Å². The Morgan fingerprint density at radius 1 is 1.21 bits per heavy atom. The lowest BCUT2D eigenvalue weighted by atomic mass is 9.79. The third kappa shape index (κ3) is 3.37. The Bertz CT molecular complexity index is 381. The lowest BCUT2D eigenvalue weighted by molar-refractivity contribution is 0.0121. The predicted octanol–water partition coefficient (Wildman–Crippen LogP) is 4.02. The second-order valence-electron chi connectivity index (χ2n) is 5.98. The van der Waals surface area contributed by atoms with Gasteiger partial charge in [-0.25, -0.2) is 0 Å². The summed E-state index contributed by atoms with van der Waals surface area (Å²) in [7, 11) is 0. The molecule has 1 aliphatic rings. The van der Waals surface area contributed by atoms with E-state index in [1.165, 1.54) is 30.4 Å². The zero-order valence-corrected chi connectivity index (χ0v) is 12.4. The van der Waals surface area contributed by atoms with Crippen molar-refractivity contribution in [1.82, 2.24) is 0 Å². The van der Waals surface area contributed by atoms with Gasteiger partial charge in [0.25, 0.3) is 0 Å². The summed E-state index contributed by atoms with van der Waals surface area (Å²) >= 11 is 0. The van der Waals surface area contributed by atoms with Gasteiger partial charge in [0, 0.05) is 6.61 Å². The van der Waals surface area contributed by atoms with E-state index >= 15 is 0 Å². The van der Waals surface area contributed by atoms with Gasteiger partial charge in [0.15, 0.2) is 0 Å². The van der Waals surface area contributed by atoms with Crippen molar-refractivity contribution in [3.8, 4) is 0 Å². The molecular weight excluding hydrogens is 234 g/mol. The second-order valence-corrected chi connectivity index (χ2v) is 5.98. The van der Waals surface area contributed by atoms with Crippen LogP contribution in [0.25, 0.3) is 0 Å². The summed E-state index contributed by atoms with van der Waals surface area (Å²) in [5.41, 5.74) is 9.04. The van der Waals surface area contributed by atoms with Crippen LogP contribution < -0.4 is 5.73 Å². The minimum Gasteiger partial charge on any atom is -0.376 e. The Morgan fingerprint density at radius 3 is 2.26 bits per heavy atom. The first-order valence-corrected chi connectivity index (χ1v) is 7.60. The van der Waals surface area contributed by atoms with E-state index in [-0.39, 0.29) is 12.1 Å². The van der Waals surface area contributed by atoms with Crippen molar-refractivity contribution in [3.05, 3.63) is 35.4 Å². The minimum atomic E-state index is -0.0320. The molecule has 1 aromatic carbocycles. The van der Waals surface area contributed by atoms with Crippen LogP contribution in [-0.4, -0.2) is 12.7 Å². The molecule has 2 unspecified atom stereocenters. The zero-order chi connectivity index (χ0) is 13.8. The van der Waals surface area contributed by atoms with E-state index < -0.39 is 0 Å². The number of hydrogen-bond acceptors (Lipinski definition) is 2. The number of rotatable bonds is 6. The van der Waals surface area contributed by atoms with Crippen LogP contribution in [0.5, 0.6) is 0 Å². The summed E-state index contributed by atoms with van der Waals surface area (Å²) < 4.78 is 5.80. The summed E-state index contributed by atoms with van der Waals surface area (Å²) in [5.74, 6) is 1.22. The molecule has 0 bridgehead atoms. The van der Waals surface area contributed by atoms with Gasteiger partial charge in [0.2, 0.25) is 0 Å². The molecule has 1 fully saturated rings. The van der Waals surface area contributed by atoms with Gasteiger partial charge < -0.3 is 10.5 Å². The van der Waals surface area contributed by atoms with Gasteiger partial charge in [-0.2, -0.15) is 0 Å². The molecule has 2 atom stereocenters. The van der Waals surface area contributed by atoms with Gasteiger partial charge in [-0.05, 0) is 42.7 Å². The topological polar surface area (TPSA) is 35.2 Å². The zero-order valence-electron chi connectivity index (χ0n) is 12.4. The van der Waals surface area contributed by atoms with Crippen molar-refractivity contribution >= 4 is 0 Å². The van der Waals surface area contributed by atoms with Gasteiger partial charge in [-0.1, -0.05) is 44.5 Å². The molecule has 2 nitrogen and oxygen atoms in total. The van der Waals surface area contributed by atoms with Gasteiger partial charge in [-0.15, -0.1) is 0 Å². The molecule has 1 saturated carbocycles. The molecule has 0 heterocycles. The van der Waals surface area contributed by atoms with E-state index in [9.17, 15) is 0 Å². The molecule has 19 heavy (non-hydrogen) atoms. The number of nitrogens with two attached hydrogens (primary N) is 1. The average Bonchev–Trinajstić information content (AvgIpc) is 2.33. The molecule has 1 aromatic rings. The fourth-order valence-electron chi connectivity index (χ4n) is 2.82. The Balaban J connectivity index is 2.06. The quantitative estimate of drug-likeness (QED) is 0.839. The molecular formula is C17H27NO. The predicted molar refractivity (Wildman–Crippen MR) is 80.2 cm³/mol. The van der Waals surface area contributed by atoms with E-state index in [0.29, 0.717) is 5.92 Å². The largest absolute Gasteiger partial charge is 0.376 e. The molecule has 0 spiro atoms. The van der Waals surface area contributed by atoms with Crippen molar-refractivity contribution in [2.24, 2.45) is 11.7 Å². The average molecular weight is 261 g/mol. The van der Waals surface area contributed by atoms with E-state index in [4.69, 9.17) is 10.5 Å². The van der Waals surface area contributed by atoms with Crippen LogP contribution in [0.4, 0.5) is 0 Å². The van der Waals surface area contributed by atoms with Gasteiger partial charge in [0.05, 0.1) is 12.1 Å². The Hall–Kier alpha value is -0.860. The number of hydrogen-bond donors (Lipinski definition) is 1. The lowest BCUT2D eigenvalue weighted by Crippen LogP contribution is -2.33. The fraction of sp³-hybridized carbons (Fsp3) is 0.647. The molecule has 0 saturated heterocycles. The van der Waals surface area contributed by atoms with Crippen molar-refractivity contribution in [3.63, 3.8) is 0 Å². The second kappa shape index (κ2) is 6.53. The third-order valence-corrected chi connectivity index (χ3v) is 4.27. The molecule has 1 aliphatic carbocycles. The monoisotopic (exact) mass is 261 g/mol. The molecule has 2 heteroatoms. The van der Waals surface area contributed by atoms with Crippen LogP contribution in [-0.2, 0) is 4.74 Å². The standard InChI is InChI=1S/C17H27NO/c1-4-19-17(12(2)3)16(18)15-10-8-14(9-11-15)13-6-5-7-13/h8-13,16-17H,4-7,18H2,1-3H3. The first-order chi connectivity index (χ1) is 9.13. The highest BCUT2D eigenvalue weighted by Gasteiger charge is 2.24. The Kier molecular flexibility index (Phi) is 5.00. The molecule has 2 rings (SSSR count). The Labute approximate surface area is 117 Å². The third-order valence-electron chi connectivity index (χ3n) is 4.27. The summed E-state index contributed by atoms with van der Waals surface area (Å²) in [5, 5.41) is 0. The summed E-state index contributed by atoms with van der Waals surface area (Å²) in [4.78, 5) is 0. The maximum Gasteiger partial charge on any atom is 0.0790 e. The smallest absolute Gasteiger partial charge is 0.0790 e. The first kappa shape index (κ1) is 14.5. The summed E-state index contributed by atoms with van der Waals surface area (Å²) in [6.07, 6.45) is 4.17. The molecule has 0 radical (unpaired) electrons. The molecule has 0 aromatic heterocycles. The fourth-order valence-corrected chi connectivity index (χ4v) is 2.82. The maximum absolute atomic E-state index is 6.37. The van der Waals surface area contributed by atoms with Gasteiger partial charge >= 0.3 is 0 Å². The van der Waals surface area contributed by atoms with Crippen LogP contribution in [0.1, 0.15) is 63.1 Å². The molecule has 106 valence electrons. The van der Waals surface area contributed by atoms with Crippen molar-refractivity contribution < 1.29 is 4.74 Å². The van der Waals surface area contributed by atoms with Crippen molar-refractivity contribution in [1.29, 1.82) is 0 Å². The molecule has 0 aliphatic heterocycles. The SMILES string of the molecule is CCOC(C(C)C)C(N)c1ccc(C2CCC2)cc1. The summed E-state index contributed by atoms with van der Waals surface area (Å²) in [6.45, 7) is 7.09. The van der Waals surface area contributed by atoms with E-state index in [2.05, 4.69) is 38.1 Å². The van der Waals surface area contributed by atoms with Crippen LogP contribution in [0.2, 0.25) is 0 Å². The van der Waals surface area contributed by atoms with E-state index in [1.807, 2.05) is 6.92 Å². The van der Waals surface area contributed by atoms with E-state index in [1.54, 1.807) is 0 Å². The first-order valence-electron chi connectivity index (χ1n) is 7.60. The highest BCUT2D eigenvalue weighted by atomic mass is 16.5. The molecule has 2 N–H and O–H groups in total. The highest BCUT2D eigenvalue weighted by molar-refractivity contribution is 5.29. The van der Waals surface area contributed by atoms with Crippen molar-refractivity contribution in [2.45, 2.75) is 58.1 Å². The lowest BCUT2D eigenvalue weighted by Gasteiger charge is -2.29. The number of ether oxygens (including phenoxy) is 1. The maximum atomic E-state index is 6.37. The van der Waals surface area contributed by atoms with E-state index in [0.717, 1.165) is 12.5 Å². The normalized spacial score (nSPS) is 19.2. The van der Waals surface area contributed by atoms with Gasteiger partial charge in [-0.3, -0.25) is 0 Å². The molecule has 0 amide bonds. The number of benzene rings is 1. The summed E-state index contributed by atoms with van der Waals surface area (Å²) in [6, 6.07) is 8.85. The highest BCUT2D eigenvalue weighted by Crippen LogP contribution is 2.36. The minimum absolute atomic E-state index is 0.0320. The van der Waals surface area contributed by atoms with Crippen LogP contribution in [0.15, 0.2) is 24.3 Å². The Morgan fingerprint density at radius 2 is 1.84 bits per heavy atom.